The molecule has 1 amide bonds. The molecule has 1 N–H and O–H groups in total. The van der Waals surface area contributed by atoms with E-state index >= 15 is 0 Å². The van der Waals surface area contributed by atoms with Crippen molar-refractivity contribution in [3.63, 3.8) is 0 Å². The van der Waals surface area contributed by atoms with Crippen molar-refractivity contribution < 1.29 is 33.8 Å². The number of hydrogen-bond acceptors (Lipinski definition) is 8. The lowest BCUT2D eigenvalue weighted by molar-refractivity contribution is -0.233. The molecule has 0 bridgehead atoms. The van der Waals surface area contributed by atoms with Crippen molar-refractivity contribution in [3.05, 3.63) is 52.8 Å². The molecule has 10 heteroatoms. The second-order valence-electron chi connectivity index (χ2n) is 22.4. The van der Waals surface area contributed by atoms with Crippen LogP contribution >= 0.6 is 0 Å². The Labute approximate surface area is 365 Å². The van der Waals surface area contributed by atoms with Crippen LogP contribution in [0.15, 0.2) is 52.8 Å². The second-order valence-corrected chi connectivity index (χ2v) is 22.4. The highest BCUT2D eigenvalue weighted by molar-refractivity contribution is 6.05. The van der Waals surface area contributed by atoms with Crippen molar-refractivity contribution in [2.24, 2.45) is 56.2 Å². The van der Waals surface area contributed by atoms with E-state index in [0.717, 1.165) is 81.2 Å². The van der Waals surface area contributed by atoms with Crippen LogP contribution in [-0.4, -0.2) is 79.0 Å². The third-order valence-corrected chi connectivity index (χ3v) is 17.7. The highest BCUT2D eigenvalue weighted by atomic mass is 16.5. The molecule has 4 saturated carbocycles. The van der Waals surface area contributed by atoms with Crippen LogP contribution in [0, 0.1) is 56.2 Å². The number of allylic oxidation sites excluding steroid dienone is 4. The molecule has 1 aromatic heterocycles. The smallest absolute Gasteiger partial charge is 0.309 e. The molecule has 0 saturated heterocycles. The summed E-state index contributed by atoms with van der Waals surface area (Å²) in [6.07, 6.45) is 14.4. The van der Waals surface area contributed by atoms with E-state index in [1.54, 1.807) is 33.2 Å². The van der Waals surface area contributed by atoms with Gasteiger partial charge >= 0.3 is 11.9 Å². The molecule has 0 aromatic carbocycles. The molecule has 0 spiro atoms. The van der Waals surface area contributed by atoms with Crippen LogP contribution in [0.4, 0.5) is 5.69 Å². The molecule has 5 aliphatic carbocycles. The van der Waals surface area contributed by atoms with Gasteiger partial charge in [-0.3, -0.25) is 19.2 Å². The first kappa shape index (κ1) is 45.2. The number of hydrogen-bond donors (Lipinski definition) is 1. The van der Waals surface area contributed by atoms with E-state index < -0.39 is 22.8 Å². The Hall–Kier alpha value is -3.79. The third-order valence-electron chi connectivity index (χ3n) is 17.7. The van der Waals surface area contributed by atoms with Crippen LogP contribution in [0.3, 0.4) is 0 Å². The van der Waals surface area contributed by atoms with Crippen LogP contribution in [-0.2, 0) is 23.9 Å². The number of rotatable bonds is 11. The van der Waals surface area contributed by atoms with Crippen LogP contribution in [0.2, 0.25) is 0 Å². The van der Waals surface area contributed by atoms with Crippen molar-refractivity contribution in [1.29, 1.82) is 0 Å². The Bertz CT molecular complexity index is 2040. The number of nitrogens with zero attached hydrogens (tertiary/aromatic N) is 3. The minimum Gasteiger partial charge on any atom is -0.481 e. The van der Waals surface area contributed by atoms with E-state index in [-0.39, 0.29) is 57.7 Å². The first-order chi connectivity index (χ1) is 28.4. The lowest BCUT2D eigenvalue weighted by Gasteiger charge is -2.72. The van der Waals surface area contributed by atoms with Gasteiger partial charge in [0.1, 0.15) is 6.10 Å². The van der Waals surface area contributed by atoms with E-state index in [2.05, 4.69) is 78.5 Å². The number of fused-ring (bicyclic) bond motifs is 7. The first-order valence-corrected chi connectivity index (χ1v) is 23.0. The molecule has 4 fully saturated rings. The molecule has 1 aromatic rings. The normalized spacial score (nSPS) is 34.8. The molecule has 8 unspecified atom stereocenters. The second kappa shape index (κ2) is 15.8. The summed E-state index contributed by atoms with van der Waals surface area (Å²) in [6.45, 7) is 21.0. The van der Waals surface area contributed by atoms with Crippen LogP contribution in [0.1, 0.15) is 133 Å². The number of carbonyl (C=O) groups is 4. The van der Waals surface area contributed by atoms with Crippen molar-refractivity contribution in [2.75, 3.05) is 39.2 Å². The number of aromatic nitrogens is 1. The fraction of sp³-hybridized carbons (Fsp3) is 0.706. The van der Waals surface area contributed by atoms with Gasteiger partial charge in [0, 0.05) is 42.5 Å². The first-order valence-electron chi connectivity index (χ1n) is 23.0. The monoisotopic (exact) mass is 840 g/mol. The molecule has 6 aliphatic rings. The molecular formula is C51H73N3O7. The molecule has 61 heavy (non-hydrogen) atoms. The van der Waals surface area contributed by atoms with Gasteiger partial charge in [-0.15, -0.1) is 0 Å². The number of Topliss-reactive ketones (excluding diaryl/α,β-unsaturated/α-hetero) is 1. The summed E-state index contributed by atoms with van der Waals surface area (Å²) in [6, 6.07) is 3.70. The average molecular weight is 840 g/mol. The van der Waals surface area contributed by atoms with Gasteiger partial charge in [0.05, 0.1) is 30.8 Å². The van der Waals surface area contributed by atoms with Gasteiger partial charge in [-0.25, -0.2) is 4.98 Å². The summed E-state index contributed by atoms with van der Waals surface area (Å²) in [5.41, 5.74) is 3.23. The Morgan fingerprint density at radius 1 is 0.951 bits per heavy atom. The van der Waals surface area contributed by atoms with Crippen molar-refractivity contribution in [3.8, 4) is 5.88 Å². The maximum atomic E-state index is 14.6. The summed E-state index contributed by atoms with van der Waals surface area (Å²) < 4.78 is 11.6. The van der Waals surface area contributed by atoms with Crippen LogP contribution < -0.4 is 9.64 Å². The zero-order chi connectivity index (χ0) is 44.7. The standard InChI is InChI=1S/C51H73N3O7/c1-31(2)43-36(55)27-51(33-25-32(19-24-53(10)11)30-54(41(56)26-33)34-13-16-40(60-12)52-29-34)23-22-49(8)35(44(43)51)14-15-38-48(7)20-18-39(61-42(57)28-46(3,4)45(58)59)47(5,6)37(48)17-21-50(38,49)9/h13,16,25-26,29,31,35,37-39H,14-15,17-24,27-28,30H2,1-12H3,(H,58,59). The van der Waals surface area contributed by atoms with Crippen LogP contribution in [0.25, 0.3) is 0 Å². The summed E-state index contributed by atoms with van der Waals surface area (Å²) in [7, 11) is 5.74. The van der Waals surface area contributed by atoms with Gasteiger partial charge in [-0.05, 0) is 154 Å². The maximum absolute atomic E-state index is 14.6. The minimum absolute atomic E-state index is 0.0116. The third kappa shape index (κ3) is 7.32. The van der Waals surface area contributed by atoms with E-state index in [4.69, 9.17) is 9.47 Å². The number of carboxylic acids is 1. The zero-order valence-corrected chi connectivity index (χ0v) is 39.2. The molecule has 7 rings (SSSR count). The van der Waals surface area contributed by atoms with Gasteiger partial charge in [0.25, 0.3) is 5.91 Å². The quantitative estimate of drug-likeness (QED) is 0.217. The molecular weight excluding hydrogens is 767 g/mol. The Morgan fingerprint density at radius 3 is 2.30 bits per heavy atom. The number of amides is 1. The van der Waals surface area contributed by atoms with Gasteiger partial charge < -0.3 is 24.4 Å². The number of ether oxygens (including phenoxy) is 2. The predicted molar refractivity (Wildman–Crippen MR) is 238 cm³/mol. The number of aliphatic carboxylic acids is 1. The van der Waals surface area contributed by atoms with Crippen molar-refractivity contribution in [2.45, 2.75) is 139 Å². The zero-order valence-electron chi connectivity index (χ0n) is 39.2. The van der Waals surface area contributed by atoms with Crippen molar-refractivity contribution >= 4 is 29.3 Å². The van der Waals surface area contributed by atoms with E-state index in [1.165, 1.54) is 11.1 Å². The highest BCUT2D eigenvalue weighted by Crippen LogP contribution is 2.77. The fourth-order valence-corrected chi connectivity index (χ4v) is 14.3. The van der Waals surface area contributed by atoms with E-state index in [1.807, 2.05) is 17.0 Å². The van der Waals surface area contributed by atoms with E-state index in [9.17, 15) is 24.3 Å². The summed E-state index contributed by atoms with van der Waals surface area (Å²) in [5.74, 6) is 0.330. The number of pyridine rings is 1. The Balaban J connectivity index is 1.24. The van der Waals surface area contributed by atoms with Gasteiger partial charge in [0.2, 0.25) is 5.88 Å². The van der Waals surface area contributed by atoms with E-state index in [0.29, 0.717) is 30.7 Å². The SMILES string of the molecule is COc1ccc(N2CC(CCN(C)C)=CC(C34CCC5(C)C(CCC6C7(C)CCC(OC(=O)CC(C)(C)C(=O)O)C(C)(C)C7CCC65C)C3=C(C(C)C)C(=O)C4)=CC2=O)cn1. The van der Waals surface area contributed by atoms with Crippen molar-refractivity contribution in [1.82, 2.24) is 9.88 Å². The Morgan fingerprint density at radius 2 is 1.67 bits per heavy atom. The lowest BCUT2D eigenvalue weighted by Crippen LogP contribution is -2.65. The number of anilines is 1. The highest BCUT2D eigenvalue weighted by Gasteiger charge is 2.70. The number of carbonyl (C=O) groups excluding carboxylic acids is 3. The minimum atomic E-state index is -1.18. The predicted octanol–water partition coefficient (Wildman–Crippen LogP) is 9.63. The molecule has 334 valence electrons. The number of methoxy groups -OCH3 is 1. The Kier molecular flexibility index (Phi) is 11.7. The van der Waals surface area contributed by atoms with Gasteiger partial charge in [0.15, 0.2) is 5.78 Å². The largest absolute Gasteiger partial charge is 0.481 e. The topological polar surface area (TPSA) is 126 Å². The lowest BCUT2D eigenvalue weighted by atomic mass is 9.32. The number of ketones is 1. The molecule has 0 radical (unpaired) electrons. The summed E-state index contributed by atoms with van der Waals surface area (Å²) in [4.78, 5) is 62.7. The number of carboxylic acid groups (broad SMARTS) is 1. The number of esters is 1. The van der Waals surface area contributed by atoms with Crippen LogP contribution in [0.5, 0.6) is 5.88 Å². The maximum Gasteiger partial charge on any atom is 0.309 e. The summed E-state index contributed by atoms with van der Waals surface area (Å²) >= 11 is 0. The fourth-order valence-electron chi connectivity index (χ4n) is 14.3. The average Bonchev–Trinajstić information content (AvgIpc) is 3.38. The molecule has 1 aliphatic heterocycles. The van der Waals surface area contributed by atoms with Gasteiger partial charge in [-0.1, -0.05) is 54.5 Å². The van der Waals surface area contributed by atoms with Gasteiger partial charge in [-0.2, -0.15) is 0 Å². The molecule has 2 heterocycles. The summed E-state index contributed by atoms with van der Waals surface area (Å²) in [5, 5.41) is 9.69. The molecule has 8 atom stereocenters. The molecule has 10 nitrogen and oxygen atoms in total.